The molecule has 76 valence electrons. The van der Waals surface area contributed by atoms with E-state index in [4.69, 9.17) is 0 Å². The van der Waals surface area contributed by atoms with Gasteiger partial charge in [0.15, 0.2) is 0 Å². The first kappa shape index (κ1) is 10.7. The molecule has 1 aliphatic rings. The van der Waals surface area contributed by atoms with E-state index in [2.05, 4.69) is 6.92 Å². The normalized spacial score (nSPS) is 21.4. The van der Waals surface area contributed by atoms with Gasteiger partial charge in [0, 0.05) is 12.8 Å². The van der Waals surface area contributed by atoms with Crippen LogP contribution in [0.4, 0.5) is 0 Å². The summed E-state index contributed by atoms with van der Waals surface area (Å²) in [6, 6.07) is 0. The van der Waals surface area contributed by atoms with Gasteiger partial charge in [0.25, 0.3) is 0 Å². The van der Waals surface area contributed by atoms with Crippen molar-refractivity contribution in [3.63, 3.8) is 0 Å². The van der Waals surface area contributed by atoms with Gasteiger partial charge in [0.2, 0.25) is 0 Å². The number of carbonyl (C=O) groups excluding carboxylic acids is 1. The Kier molecular flexibility index (Phi) is 4.47. The molecule has 0 heterocycles. The van der Waals surface area contributed by atoms with E-state index < -0.39 is 0 Å². The summed E-state index contributed by atoms with van der Waals surface area (Å²) < 4.78 is 0. The van der Waals surface area contributed by atoms with Crippen molar-refractivity contribution in [2.75, 3.05) is 0 Å². The summed E-state index contributed by atoms with van der Waals surface area (Å²) in [5, 5.41) is 0. The molecule has 1 aliphatic carbocycles. The molecule has 0 N–H and O–H groups in total. The third-order valence-corrected chi connectivity index (χ3v) is 3.40. The summed E-state index contributed by atoms with van der Waals surface area (Å²) >= 11 is 0. The molecule has 1 heteroatoms. The smallest absolute Gasteiger partial charge is 0.132 e. The molecule has 0 radical (unpaired) electrons. The molecule has 0 unspecified atom stereocenters. The minimum Gasteiger partial charge on any atom is -0.300 e. The summed E-state index contributed by atoms with van der Waals surface area (Å²) in [5.41, 5.74) is 0. The lowest BCUT2D eigenvalue weighted by Gasteiger charge is -2.27. The van der Waals surface area contributed by atoms with E-state index >= 15 is 0 Å². The minimum absolute atomic E-state index is 0.443. The van der Waals surface area contributed by atoms with E-state index in [0.717, 1.165) is 18.8 Å². The molecule has 1 saturated carbocycles. The second kappa shape index (κ2) is 5.41. The Hall–Kier alpha value is -0.330. The van der Waals surface area contributed by atoms with Crippen LogP contribution in [-0.4, -0.2) is 5.78 Å². The average molecular weight is 182 g/mol. The molecule has 1 rings (SSSR count). The first-order valence-electron chi connectivity index (χ1n) is 5.75. The topological polar surface area (TPSA) is 17.1 Å². The summed E-state index contributed by atoms with van der Waals surface area (Å²) in [5.74, 6) is 1.91. The molecular weight excluding hydrogens is 160 g/mol. The van der Waals surface area contributed by atoms with Crippen LogP contribution in [0.25, 0.3) is 0 Å². The van der Waals surface area contributed by atoms with E-state index in [1.807, 2.05) is 6.92 Å². The SMILES string of the molecule is CCC(=O)C[C@@H](C)C1CCCCC1. The van der Waals surface area contributed by atoms with Crippen molar-refractivity contribution in [3.8, 4) is 0 Å². The lowest BCUT2D eigenvalue weighted by Crippen LogP contribution is -2.18. The molecule has 0 aliphatic heterocycles. The Morgan fingerprint density at radius 1 is 1.31 bits per heavy atom. The highest BCUT2D eigenvalue weighted by Crippen LogP contribution is 2.31. The number of hydrogen-bond donors (Lipinski definition) is 0. The minimum atomic E-state index is 0.443. The fraction of sp³-hybridized carbons (Fsp3) is 0.917. The molecule has 0 aromatic heterocycles. The van der Waals surface area contributed by atoms with Crippen LogP contribution in [0.15, 0.2) is 0 Å². The van der Waals surface area contributed by atoms with Gasteiger partial charge in [0.05, 0.1) is 0 Å². The van der Waals surface area contributed by atoms with Crippen LogP contribution in [-0.2, 0) is 4.79 Å². The zero-order chi connectivity index (χ0) is 9.68. The highest BCUT2D eigenvalue weighted by Gasteiger charge is 2.21. The summed E-state index contributed by atoms with van der Waals surface area (Å²) in [7, 11) is 0. The second-order valence-corrected chi connectivity index (χ2v) is 4.47. The molecule has 0 aromatic rings. The molecule has 1 nitrogen and oxygen atoms in total. The van der Waals surface area contributed by atoms with Crippen LogP contribution in [0.5, 0.6) is 0 Å². The van der Waals surface area contributed by atoms with Crippen LogP contribution in [0, 0.1) is 11.8 Å². The highest BCUT2D eigenvalue weighted by atomic mass is 16.1. The fourth-order valence-corrected chi connectivity index (χ4v) is 2.37. The van der Waals surface area contributed by atoms with Gasteiger partial charge in [-0.2, -0.15) is 0 Å². The predicted molar refractivity (Wildman–Crippen MR) is 55.7 cm³/mol. The monoisotopic (exact) mass is 182 g/mol. The Balaban J connectivity index is 2.28. The number of carbonyl (C=O) groups is 1. The summed E-state index contributed by atoms with van der Waals surface area (Å²) in [4.78, 5) is 11.3. The number of hydrogen-bond acceptors (Lipinski definition) is 1. The Morgan fingerprint density at radius 2 is 1.92 bits per heavy atom. The average Bonchev–Trinajstić information content (AvgIpc) is 2.19. The largest absolute Gasteiger partial charge is 0.300 e. The van der Waals surface area contributed by atoms with Gasteiger partial charge in [-0.1, -0.05) is 46.0 Å². The standard InChI is InChI=1S/C12H22O/c1-3-12(13)9-10(2)11-7-5-4-6-8-11/h10-11H,3-9H2,1-2H3/t10-/m1/s1. The Morgan fingerprint density at radius 3 is 2.46 bits per heavy atom. The lowest BCUT2D eigenvalue weighted by atomic mass is 9.79. The van der Waals surface area contributed by atoms with E-state index in [1.54, 1.807) is 0 Å². The molecule has 0 amide bonds. The predicted octanol–water partition coefficient (Wildman–Crippen LogP) is 3.57. The molecule has 1 atom stereocenters. The third kappa shape index (κ3) is 3.50. The Labute approximate surface area is 81.9 Å². The highest BCUT2D eigenvalue weighted by molar-refractivity contribution is 5.78. The van der Waals surface area contributed by atoms with Gasteiger partial charge in [-0.3, -0.25) is 4.79 Å². The zero-order valence-corrected chi connectivity index (χ0v) is 9.01. The zero-order valence-electron chi connectivity index (χ0n) is 9.01. The lowest BCUT2D eigenvalue weighted by molar-refractivity contribution is -0.120. The maximum absolute atomic E-state index is 11.3. The molecule has 0 bridgehead atoms. The first-order chi connectivity index (χ1) is 6.24. The summed E-state index contributed by atoms with van der Waals surface area (Å²) in [6.07, 6.45) is 8.43. The first-order valence-corrected chi connectivity index (χ1v) is 5.75. The van der Waals surface area contributed by atoms with Gasteiger partial charge in [0.1, 0.15) is 5.78 Å². The molecule has 0 spiro atoms. The number of rotatable bonds is 4. The number of Topliss-reactive ketones (excluding diaryl/α,β-unsaturated/α-hetero) is 1. The van der Waals surface area contributed by atoms with Crippen LogP contribution in [0.1, 0.15) is 58.8 Å². The van der Waals surface area contributed by atoms with Gasteiger partial charge >= 0.3 is 0 Å². The van der Waals surface area contributed by atoms with Crippen LogP contribution >= 0.6 is 0 Å². The molecule has 13 heavy (non-hydrogen) atoms. The van der Waals surface area contributed by atoms with Gasteiger partial charge in [-0.15, -0.1) is 0 Å². The van der Waals surface area contributed by atoms with Gasteiger partial charge in [-0.05, 0) is 11.8 Å². The van der Waals surface area contributed by atoms with Crippen LogP contribution < -0.4 is 0 Å². The third-order valence-electron chi connectivity index (χ3n) is 3.40. The summed E-state index contributed by atoms with van der Waals surface area (Å²) in [6.45, 7) is 4.22. The van der Waals surface area contributed by atoms with Crippen LogP contribution in [0.2, 0.25) is 0 Å². The maximum Gasteiger partial charge on any atom is 0.132 e. The quantitative estimate of drug-likeness (QED) is 0.649. The van der Waals surface area contributed by atoms with Crippen molar-refractivity contribution in [1.29, 1.82) is 0 Å². The molecule has 1 fully saturated rings. The molecular formula is C12H22O. The van der Waals surface area contributed by atoms with Crippen molar-refractivity contribution >= 4 is 5.78 Å². The van der Waals surface area contributed by atoms with E-state index in [9.17, 15) is 4.79 Å². The van der Waals surface area contributed by atoms with Crippen LogP contribution in [0.3, 0.4) is 0 Å². The van der Waals surface area contributed by atoms with Crippen molar-refractivity contribution in [2.24, 2.45) is 11.8 Å². The van der Waals surface area contributed by atoms with Crippen molar-refractivity contribution in [3.05, 3.63) is 0 Å². The molecule has 0 saturated heterocycles. The van der Waals surface area contributed by atoms with Crippen molar-refractivity contribution in [1.82, 2.24) is 0 Å². The van der Waals surface area contributed by atoms with E-state index in [0.29, 0.717) is 11.7 Å². The van der Waals surface area contributed by atoms with Gasteiger partial charge < -0.3 is 0 Å². The van der Waals surface area contributed by atoms with E-state index in [1.165, 1.54) is 32.1 Å². The fourth-order valence-electron chi connectivity index (χ4n) is 2.37. The van der Waals surface area contributed by atoms with Crippen molar-refractivity contribution < 1.29 is 4.79 Å². The second-order valence-electron chi connectivity index (χ2n) is 4.47. The van der Waals surface area contributed by atoms with Gasteiger partial charge in [-0.25, -0.2) is 0 Å². The van der Waals surface area contributed by atoms with E-state index in [-0.39, 0.29) is 0 Å². The Bertz CT molecular complexity index is 157. The van der Waals surface area contributed by atoms with Crippen molar-refractivity contribution in [2.45, 2.75) is 58.8 Å². The molecule has 0 aromatic carbocycles. The number of ketones is 1. The maximum atomic E-state index is 11.3.